The smallest absolute Gasteiger partial charge is 0.319 e. The number of hydrogen-bond donors (Lipinski definition) is 3. The highest BCUT2D eigenvalue weighted by atomic mass is 35.5. The minimum atomic E-state index is -3.75. The zero-order chi connectivity index (χ0) is 22.7. The Morgan fingerprint density at radius 3 is 2.19 bits per heavy atom. The summed E-state index contributed by atoms with van der Waals surface area (Å²) in [4.78, 5) is 28.3. The number of piperidine rings is 1. The number of carbonyl (C=O) groups is 2. The van der Waals surface area contributed by atoms with E-state index in [1.54, 1.807) is 24.3 Å². The number of amides is 3. The van der Waals surface area contributed by atoms with Gasteiger partial charge in [0.1, 0.15) is 10.0 Å². The normalized spacial score (nSPS) is 17.5. The van der Waals surface area contributed by atoms with Crippen LogP contribution < -0.4 is 16.0 Å². The number of nitrogens with one attached hydrogen (secondary N) is 3. The molecule has 2 fully saturated rings. The quantitative estimate of drug-likeness (QED) is 0.552. The molecular weight excluding hydrogens is 454 g/mol. The van der Waals surface area contributed by atoms with Crippen molar-refractivity contribution in [3.05, 3.63) is 47.7 Å². The molecule has 1 aliphatic heterocycles. The van der Waals surface area contributed by atoms with Crippen LogP contribution in [-0.2, 0) is 14.8 Å². The summed E-state index contributed by atoms with van der Waals surface area (Å²) in [5, 5.41) is 8.40. The summed E-state index contributed by atoms with van der Waals surface area (Å²) in [7, 11) is -3.75. The maximum Gasteiger partial charge on any atom is 0.319 e. The van der Waals surface area contributed by atoms with Gasteiger partial charge >= 0.3 is 6.03 Å². The van der Waals surface area contributed by atoms with Gasteiger partial charge in [0.05, 0.1) is 0 Å². The Kier molecular flexibility index (Phi) is 6.63. The third kappa shape index (κ3) is 5.37. The monoisotopic (exact) mass is 477 g/mol. The molecule has 3 amide bonds. The lowest BCUT2D eigenvalue weighted by Gasteiger charge is -2.30. The van der Waals surface area contributed by atoms with Crippen LogP contribution in [0.5, 0.6) is 0 Å². The van der Waals surface area contributed by atoms with Crippen molar-refractivity contribution in [2.75, 3.05) is 23.7 Å². The third-order valence-electron chi connectivity index (χ3n) is 5.49. The van der Waals surface area contributed by atoms with Crippen LogP contribution >= 0.6 is 11.6 Å². The van der Waals surface area contributed by atoms with Gasteiger partial charge in [0.2, 0.25) is 15.9 Å². The van der Waals surface area contributed by atoms with E-state index in [1.807, 2.05) is 0 Å². The van der Waals surface area contributed by atoms with Crippen molar-refractivity contribution in [3.8, 4) is 0 Å². The molecule has 2 heterocycles. The highest BCUT2D eigenvalue weighted by Gasteiger charge is 2.33. The van der Waals surface area contributed by atoms with Gasteiger partial charge in [-0.1, -0.05) is 11.6 Å². The Hall–Kier alpha value is -2.69. The van der Waals surface area contributed by atoms with Gasteiger partial charge in [0, 0.05) is 42.6 Å². The average molecular weight is 478 g/mol. The number of aromatic nitrogens is 1. The molecule has 0 spiro atoms. The molecule has 2 aromatic rings. The van der Waals surface area contributed by atoms with E-state index < -0.39 is 10.0 Å². The fraction of sp³-hybridized carbons (Fsp3) is 0.381. The SMILES string of the molecule is O=C(Nc1ccc(NC(=O)C2CCN(S(=O)(=O)c3cccnc3Cl)CC2)cc1)NC1CC1. The molecule has 1 aliphatic carbocycles. The molecule has 0 radical (unpaired) electrons. The van der Waals surface area contributed by atoms with Crippen molar-refractivity contribution < 1.29 is 18.0 Å². The van der Waals surface area contributed by atoms with E-state index in [0.717, 1.165) is 12.8 Å². The molecule has 1 aromatic carbocycles. The standard InChI is InChI=1S/C21H24ClN5O4S/c22-19-18(2-1-11-23-19)32(30,31)27-12-9-14(10-13-27)20(28)24-15-3-5-16(6-4-15)25-21(29)26-17-7-8-17/h1-6,11,14,17H,7-10,12-13H2,(H,24,28)(H2,25,26,29). The van der Waals surface area contributed by atoms with Crippen LogP contribution in [0.25, 0.3) is 0 Å². The fourth-order valence-electron chi connectivity index (χ4n) is 3.52. The minimum absolute atomic E-state index is 0.0240. The van der Waals surface area contributed by atoms with E-state index in [-0.39, 0.29) is 47.0 Å². The van der Waals surface area contributed by atoms with Crippen molar-refractivity contribution >= 4 is 44.9 Å². The third-order valence-corrected chi connectivity index (χ3v) is 7.83. The molecule has 1 aromatic heterocycles. The number of anilines is 2. The van der Waals surface area contributed by atoms with E-state index in [9.17, 15) is 18.0 Å². The maximum absolute atomic E-state index is 12.8. The Morgan fingerprint density at radius 1 is 0.969 bits per heavy atom. The molecule has 32 heavy (non-hydrogen) atoms. The Morgan fingerprint density at radius 2 is 1.59 bits per heavy atom. The van der Waals surface area contributed by atoms with Gasteiger partial charge in [-0.15, -0.1) is 0 Å². The molecule has 4 rings (SSSR count). The zero-order valence-electron chi connectivity index (χ0n) is 17.3. The molecule has 3 N–H and O–H groups in total. The van der Waals surface area contributed by atoms with Gasteiger partial charge in [0.15, 0.2) is 0 Å². The number of hydrogen-bond acceptors (Lipinski definition) is 5. The maximum atomic E-state index is 12.8. The van der Waals surface area contributed by atoms with Gasteiger partial charge in [-0.2, -0.15) is 4.31 Å². The summed E-state index contributed by atoms with van der Waals surface area (Å²) >= 11 is 5.95. The predicted octanol–water partition coefficient (Wildman–Crippen LogP) is 3.06. The van der Waals surface area contributed by atoms with Gasteiger partial charge < -0.3 is 16.0 Å². The number of sulfonamides is 1. The van der Waals surface area contributed by atoms with Gasteiger partial charge in [0.25, 0.3) is 0 Å². The summed E-state index contributed by atoms with van der Waals surface area (Å²) in [6, 6.07) is 9.86. The first kappa shape index (κ1) is 22.5. The molecule has 170 valence electrons. The first-order chi connectivity index (χ1) is 15.3. The number of nitrogens with zero attached hydrogens (tertiary/aromatic N) is 2. The summed E-state index contributed by atoms with van der Waals surface area (Å²) in [5.41, 5.74) is 1.24. The van der Waals surface area contributed by atoms with E-state index in [4.69, 9.17) is 11.6 Å². The summed E-state index contributed by atoms with van der Waals surface area (Å²) < 4.78 is 27.0. The average Bonchev–Trinajstić information content (AvgIpc) is 3.59. The topological polar surface area (TPSA) is 121 Å². The van der Waals surface area contributed by atoms with Crippen molar-refractivity contribution in [3.63, 3.8) is 0 Å². The summed E-state index contributed by atoms with van der Waals surface area (Å²) in [5.74, 6) is -0.457. The first-order valence-corrected chi connectivity index (χ1v) is 12.2. The molecule has 9 nitrogen and oxygen atoms in total. The lowest BCUT2D eigenvalue weighted by Crippen LogP contribution is -2.41. The van der Waals surface area contributed by atoms with Crippen LogP contribution in [0.1, 0.15) is 25.7 Å². The number of rotatable bonds is 6. The number of pyridine rings is 1. The second-order valence-corrected chi connectivity index (χ2v) is 10.2. The molecular formula is C21H24ClN5O4S. The van der Waals surface area contributed by atoms with Crippen LogP contribution in [0, 0.1) is 5.92 Å². The molecule has 1 saturated heterocycles. The van der Waals surface area contributed by atoms with E-state index in [2.05, 4.69) is 20.9 Å². The minimum Gasteiger partial charge on any atom is -0.335 e. The lowest BCUT2D eigenvalue weighted by atomic mass is 9.97. The summed E-state index contributed by atoms with van der Waals surface area (Å²) in [6.45, 7) is 0.454. The Labute approximate surface area is 191 Å². The van der Waals surface area contributed by atoms with Gasteiger partial charge in [-0.25, -0.2) is 18.2 Å². The number of urea groups is 1. The Bertz CT molecular complexity index is 1100. The second-order valence-electron chi connectivity index (χ2n) is 7.91. The zero-order valence-corrected chi connectivity index (χ0v) is 18.8. The molecule has 2 aliphatic rings. The van der Waals surface area contributed by atoms with Gasteiger partial charge in [-0.05, 0) is 62.1 Å². The van der Waals surface area contributed by atoms with E-state index >= 15 is 0 Å². The van der Waals surface area contributed by atoms with Gasteiger partial charge in [-0.3, -0.25) is 4.79 Å². The van der Waals surface area contributed by atoms with Crippen molar-refractivity contribution in [2.45, 2.75) is 36.6 Å². The van der Waals surface area contributed by atoms with Crippen LogP contribution in [0.4, 0.5) is 16.2 Å². The van der Waals surface area contributed by atoms with Crippen LogP contribution in [0.15, 0.2) is 47.5 Å². The molecule has 0 unspecified atom stereocenters. The van der Waals surface area contributed by atoms with Crippen LogP contribution in [0.2, 0.25) is 5.15 Å². The highest BCUT2D eigenvalue weighted by molar-refractivity contribution is 7.89. The fourth-order valence-corrected chi connectivity index (χ4v) is 5.42. The van der Waals surface area contributed by atoms with Crippen molar-refractivity contribution in [1.29, 1.82) is 0 Å². The van der Waals surface area contributed by atoms with E-state index in [1.165, 1.54) is 22.6 Å². The largest absolute Gasteiger partial charge is 0.335 e. The second kappa shape index (κ2) is 9.43. The molecule has 11 heteroatoms. The van der Waals surface area contributed by atoms with E-state index in [0.29, 0.717) is 24.2 Å². The molecule has 1 saturated carbocycles. The number of carbonyl (C=O) groups excluding carboxylic acids is 2. The molecule has 0 atom stereocenters. The first-order valence-electron chi connectivity index (χ1n) is 10.4. The predicted molar refractivity (Wildman–Crippen MR) is 121 cm³/mol. The summed E-state index contributed by atoms with van der Waals surface area (Å²) in [6.07, 6.45) is 4.28. The lowest BCUT2D eigenvalue weighted by molar-refractivity contribution is -0.120. The van der Waals surface area contributed by atoms with Crippen LogP contribution in [0.3, 0.4) is 0 Å². The molecule has 0 bridgehead atoms. The number of benzene rings is 1. The highest BCUT2D eigenvalue weighted by Crippen LogP contribution is 2.27. The van der Waals surface area contributed by atoms with Crippen LogP contribution in [-0.4, -0.2) is 48.8 Å². The van der Waals surface area contributed by atoms with Crippen molar-refractivity contribution in [2.24, 2.45) is 5.92 Å². The number of halogens is 1. The van der Waals surface area contributed by atoms with Crippen molar-refractivity contribution in [1.82, 2.24) is 14.6 Å². The Balaban J connectivity index is 1.29.